The Morgan fingerprint density at radius 2 is 1.68 bits per heavy atom. The predicted octanol–water partition coefficient (Wildman–Crippen LogP) is 3.93. The summed E-state index contributed by atoms with van der Waals surface area (Å²) >= 11 is 0. The molecule has 134 valence electrons. The zero-order valence-corrected chi connectivity index (χ0v) is 15.8. The van der Waals surface area contributed by atoms with E-state index < -0.39 is 10.0 Å². The van der Waals surface area contributed by atoms with E-state index in [4.69, 9.17) is 4.74 Å². The second-order valence-electron chi connectivity index (χ2n) is 7.20. The molecule has 0 unspecified atom stereocenters. The summed E-state index contributed by atoms with van der Waals surface area (Å²) in [7, 11) is -3.54. The van der Waals surface area contributed by atoms with Crippen molar-refractivity contribution in [2.75, 3.05) is 13.1 Å². The summed E-state index contributed by atoms with van der Waals surface area (Å²) in [6, 6.07) is 16.9. The Bertz CT molecular complexity index is 814. The lowest BCUT2D eigenvalue weighted by Crippen LogP contribution is -2.34. The molecule has 0 spiro atoms. The third-order valence-electron chi connectivity index (χ3n) is 4.62. The van der Waals surface area contributed by atoms with Crippen molar-refractivity contribution >= 4 is 10.0 Å². The molecule has 25 heavy (non-hydrogen) atoms. The highest BCUT2D eigenvalue weighted by molar-refractivity contribution is 7.89. The van der Waals surface area contributed by atoms with E-state index in [1.165, 1.54) is 0 Å². The van der Waals surface area contributed by atoms with Gasteiger partial charge in [-0.3, -0.25) is 0 Å². The Hall–Kier alpha value is -1.69. The lowest BCUT2D eigenvalue weighted by atomic mass is 10.0. The third kappa shape index (κ3) is 4.11. The van der Waals surface area contributed by atoms with Gasteiger partial charge >= 0.3 is 0 Å². The monoisotopic (exact) mass is 359 g/mol. The Morgan fingerprint density at radius 1 is 1.04 bits per heavy atom. The Kier molecular flexibility index (Phi) is 5.00. The van der Waals surface area contributed by atoms with Gasteiger partial charge in [-0.15, -0.1) is 0 Å². The molecule has 3 rings (SSSR count). The summed E-state index contributed by atoms with van der Waals surface area (Å²) in [5, 5.41) is 0. The van der Waals surface area contributed by atoms with Crippen LogP contribution in [0.3, 0.4) is 0 Å². The zero-order valence-electron chi connectivity index (χ0n) is 15.0. The minimum Gasteiger partial charge on any atom is -0.366 e. The van der Waals surface area contributed by atoms with Gasteiger partial charge < -0.3 is 4.74 Å². The van der Waals surface area contributed by atoms with Gasteiger partial charge in [-0.2, -0.15) is 4.31 Å². The number of rotatable bonds is 3. The van der Waals surface area contributed by atoms with Crippen molar-refractivity contribution in [1.82, 2.24) is 4.31 Å². The van der Waals surface area contributed by atoms with Gasteiger partial charge in [-0.1, -0.05) is 48.0 Å². The minimum atomic E-state index is -3.54. The summed E-state index contributed by atoms with van der Waals surface area (Å²) < 4.78 is 34.0. The van der Waals surface area contributed by atoms with Gasteiger partial charge in [0.1, 0.15) is 0 Å². The van der Waals surface area contributed by atoms with E-state index in [1.807, 2.05) is 63.2 Å². The first-order chi connectivity index (χ1) is 11.8. The molecule has 1 aliphatic heterocycles. The van der Waals surface area contributed by atoms with Crippen LogP contribution in [-0.4, -0.2) is 31.4 Å². The fourth-order valence-corrected chi connectivity index (χ4v) is 4.51. The molecule has 0 aromatic heterocycles. The molecule has 1 saturated heterocycles. The van der Waals surface area contributed by atoms with Crippen LogP contribution in [0.4, 0.5) is 0 Å². The number of hydrogen-bond acceptors (Lipinski definition) is 3. The van der Waals surface area contributed by atoms with E-state index in [-0.39, 0.29) is 11.7 Å². The smallest absolute Gasteiger partial charge is 0.243 e. The van der Waals surface area contributed by atoms with Crippen LogP contribution in [0.1, 0.15) is 37.5 Å². The van der Waals surface area contributed by atoms with E-state index in [9.17, 15) is 8.42 Å². The van der Waals surface area contributed by atoms with Gasteiger partial charge in [-0.05, 0) is 44.9 Å². The molecule has 0 saturated carbocycles. The van der Waals surface area contributed by atoms with Gasteiger partial charge in [0, 0.05) is 13.1 Å². The third-order valence-corrected chi connectivity index (χ3v) is 6.50. The minimum absolute atomic E-state index is 0.279. The molecular weight excluding hydrogens is 334 g/mol. The fraction of sp³-hybridized carbons (Fsp3) is 0.400. The maximum atomic E-state index is 13.1. The number of hydrogen-bond donors (Lipinski definition) is 0. The maximum Gasteiger partial charge on any atom is 0.243 e. The summed E-state index contributed by atoms with van der Waals surface area (Å²) in [6.45, 7) is 6.76. The van der Waals surface area contributed by atoms with Crippen molar-refractivity contribution in [3.05, 3.63) is 65.7 Å². The van der Waals surface area contributed by atoms with Crippen LogP contribution in [0.25, 0.3) is 0 Å². The molecule has 0 radical (unpaired) electrons. The van der Waals surface area contributed by atoms with Crippen molar-refractivity contribution in [2.24, 2.45) is 0 Å². The Labute approximate surface area is 150 Å². The highest BCUT2D eigenvalue weighted by atomic mass is 32.2. The van der Waals surface area contributed by atoms with E-state index in [0.29, 0.717) is 24.4 Å². The molecule has 1 fully saturated rings. The van der Waals surface area contributed by atoms with E-state index in [0.717, 1.165) is 11.1 Å². The maximum absolute atomic E-state index is 13.1. The number of ether oxygens (including phenoxy) is 1. The molecule has 0 bridgehead atoms. The van der Waals surface area contributed by atoms with Gasteiger partial charge in [0.25, 0.3) is 0 Å². The number of benzene rings is 2. The van der Waals surface area contributed by atoms with Crippen LogP contribution < -0.4 is 0 Å². The normalized spacial score (nSPS) is 21.6. The predicted molar refractivity (Wildman–Crippen MR) is 98.9 cm³/mol. The lowest BCUT2D eigenvalue weighted by Gasteiger charge is -2.28. The average molecular weight is 359 g/mol. The molecule has 1 atom stereocenters. The number of sulfonamides is 1. The summed E-state index contributed by atoms with van der Waals surface area (Å²) in [6.07, 6.45) is 0.375. The molecule has 1 heterocycles. The van der Waals surface area contributed by atoms with Crippen molar-refractivity contribution < 1.29 is 13.2 Å². The molecule has 0 N–H and O–H groups in total. The summed E-state index contributed by atoms with van der Waals surface area (Å²) in [5.41, 5.74) is 1.67. The van der Waals surface area contributed by atoms with Crippen molar-refractivity contribution in [3.8, 4) is 0 Å². The molecule has 2 aromatic rings. The van der Waals surface area contributed by atoms with Gasteiger partial charge in [-0.25, -0.2) is 8.42 Å². The summed E-state index contributed by atoms with van der Waals surface area (Å²) in [4.78, 5) is 0.338. The fourth-order valence-electron chi connectivity index (χ4n) is 3.07. The van der Waals surface area contributed by atoms with E-state index in [2.05, 4.69) is 0 Å². The number of aryl methyl sites for hydroxylation is 1. The van der Waals surface area contributed by atoms with E-state index >= 15 is 0 Å². The van der Waals surface area contributed by atoms with Crippen LogP contribution in [0, 0.1) is 6.92 Å². The van der Waals surface area contributed by atoms with Crippen LogP contribution in [0.2, 0.25) is 0 Å². The standard InChI is InChI=1S/C20H25NO3S/c1-16-9-11-18(12-10-16)25(22,23)21-14-13-20(2,3)24-19(15-21)17-7-5-4-6-8-17/h4-12,19H,13-15H2,1-3H3/t19-/m1/s1. The average Bonchev–Trinajstić information content (AvgIpc) is 2.75. The first-order valence-electron chi connectivity index (χ1n) is 8.57. The van der Waals surface area contributed by atoms with Crippen molar-refractivity contribution in [3.63, 3.8) is 0 Å². The largest absolute Gasteiger partial charge is 0.366 e. The van der Waals surface area contributed by atoms with Gasteiger partial charge in [0.15, 0.2) is 0 Å². The Balaban J connectivity index is 1.94. The number of nitrogens with zero attached hydrogens (tertiary/aromatic N) is 1. The van der Waals surface area contributed by atoms with Crippen molar-refractivity contribution in [2.45, 2.75) is 43.8 Å². The second kappa shape index (κ2) is 6.90. The Morgan fingerprint density at radius 3 is 2.32 bits per heavy atom. The molecule has 0 aliphatic carbocycles. The van der Waals surface area contributed by atoms with Gasteiger partial charge in [0.2, 0.25) is 10.0 Å². The van der Waals surface area contributed by atoms with Gasteiger partial charge in [0.05, 0.1) is 16.6 Å². The molecular formula is C20H25NO3S. The molecule has 0 amide bonds. The second-order valence-corrected chi connectivity index (χ2v) is 9.14. The zero-order chi connectivity index (χ0) is 18.1. The quantitative estimate of drug-likeness (QED) is 0.834. The van der Waals surface area contributed by atoms with Crippen LogP contribution in [-0.2, 0) is 14.8 Å². The topological polar surface area (TPSA) is 46.6 Å². The van der Waals surface area contributed by atoms with E-state index in [1.54, 1.807) is 16.4 Å². The molecule has 5 heteroatoms. The highest BCUT2D eigenvalue weighted by Crippen LogP contribution is 2.33. The highest BCUT2D eigenvalue weighted by Gasteiger charge is 2.36. The van der Waals surface area contributed by atoms with Crippen LogP contribution >= 0.6 is 0 Å². The molecule has 4 nitrogen and oxygen atoms in total. The van der Waals surface area contributed by atoms with Crippen LogP contribution in [0.15, 0.2) is 59.5 Å². The molecule has 2 aromatic carbocycles. The SMILES string of the molecule is Cc1ccc(S(=O)(=O)N2CCC(C)(C)O[C@@H](c3ccccc3)C2)cc1. The molecule has 1 aliphatic rings. The van der Waals surface area contributed by atoms with Crippen molar-refractivity contribution in [1.29, 1.82) is 0 Å². The lowest BCUT2D eigenvalue weighted by molar-refractivity contribution is -0.0647. The summed E-state index contributed by atoms with van der Waals surface area (Å²) in [5.74, 6) is 0. The first kappa shape index (κ1) is 18.1. The first-order valence-corrected chi connectivity index (χ1v) is 10.0. The van der Waals surface area contributed by atoms with Crippen LogP contribution in [0.5, 0.6) is 0 Å².